The maximum atomic E-state index is 12.2. The average Bonchev–Trinajstić information content (AvgIpc) is 2.82. The first-order valence-corrected chi connectivity index (χ1v) is 6.93. The zero-order valence-electron chi connectivity index (χ0n) is 11.1. The number of thiophene rings is 1. The van der Waals surface area contributed by atoms with Crippen molar-refractivity contribution in [2.24, 2.45) is 0 Å². The molecule has 0 aliphatic carbocycles. The van der Waals surface area contributed by atoms with Crippen molar-refractivity contribution in [2.75, 3.05) is 5.32 Å². The van der Waals surface area contributed by atoms with Crippen LogP contribution in [0.5, 0.6) is 0 Å². The SMILES string of the molecule is CCc1cc(C(=O)O)c(NC(=O)c2cccnc2C)s1. The highest BCUT2D eigenvalue weighted by Gasteiger charge is 2.18. The number of nitrogens with zero attached hydrogens (tertiary/aromatic N) is 1. The fraction of sp³-hybridized carbons (Fsp3) is 0.214. The Morgan fingerprint density at radius 3 is 2.75 bits per heavy atom. The predicted molar refractivity (Wildman–Crippen MR) is 77.6 cm³/mol. The Kier molecular flexibility index (Phi) is 4.14. The van der Waals surface area contributed by atoms with Gasteiger partial charge in [-0.1, -0.05) is 6.92 Å². The fourth-order valence-electron chi connectivity index (χ4n) is 1.76. The maximum absolute atomic E-state index is 12.2. The number of aryl methyl sites for hydroxylation is 2. The number of carbonyl (C=O) groups is 2. The average molecular weight is 290 g/mol. The molecule has 5 nitrogen and oxygen atoms in total. The van der Waals surface area contributed by atoms with Gasteiger partial charge in [-0.05, 0) is 31.5 Å². The second-order valence-electron chi connectivity index (χ2n) is 4.20. The summed E-state index contributed by atoms with van der Waals surface area (Å²) in [4.78, 5) is 28.3. The van der Waals surface area contributed by atoms with Gasteiger partial charge in [0.25, 0.3) is 5.91 Å². The Morgan fingerprint density at radius 1 is 1.40 bits per heavy atom. The molecule has 0 spiro atoms. The van der Waals surface area contributed by atoms with Gasteiger partial charge in [0.05, 0.1) is 11.1 Å². The van der Waals surface area contributed by atoms with Gasteiger partial charge in [-0.15, -0.1) is 11.3 Å². The monoisotopic (exact) mass is 290 g/mol. The van der Waals surface area contributed by atoms with Crippen molar-refractivity contribution in [1.29, 1.82) is 0 Å². The Labute approximate surface area is 120 Å². The van der Waals surface area contributed by atoms with Crippen molar-refractivity contribution in [3.63, 3.8) is 0 Å². The molecule has 0 bridgehead atoms. The largest absolute Gasteiger partial charge is 0.478 e. The first-order chi connectivity index (χ1) is 9.52. The molecule has 2 rings (SSSR count). The molecule has 0 aliphatic rings. The number of nitrogens with one attached hydrogen (secondary N) is 1. The summed E-state index contributed by atoms with van der Waals surface area (Å²) in [5.74, 6) is -1.39. The molecule has 6 heteroatoms. The summed E-state index contributed by atoms with van der Waals surface area (Å²) in [7, 11) is 0. The van der Waals surface area contributed by atoms with E-state index >= 15 is 0 Å². The molecule has 0 fully saturated rings. The van der Waals surface area contributed by atoms with Gasteiger partial charge in [0.1, 0.15) is 5.00 Å². The third kappa shape index (κ3) is 2.85. The summed E-state index contributed by atoms with van der Waals surface area (Å²) in [6.45, 7) is 3.67. The highest BCUT2D eigenvalue weighted by molar-refractivity contribution is 7.16. The van der Waals surface area contributed by atoms with Crippen LogP contribution in [0.4, 0.5) is 5.00 Å². The molecule has 2 N–H and O–H groups in total. The van der Waals surface area contributed by atoms with Crippen LogP contribution >= 0.6 is 11.3 Å². The zero-order valence-corrected chi connectivity index (χ0v) is 12.0. The van der Waals surface area contributed by atoms with Gasteiger partial charge >= 0.3 is 5.97 Å². The molecule has 0 saturated carbocycles. The minimum Gasteiger partial charge on any atom is -0.478 e. The van der Waals surface area contributed by atoms with Crippen molar-refractivity contribution in [3.05, 3.63) is 46.1 Å². The number of aromatic carboxylic acids is 1. The third-order valence-corrected chi connectivity index (χ3v) is 4.04. The normalized spacial score (nSPS) is 10.3. The number of hydrogen-bond acceptors (Lipinski definition) is 4. The van der Waals surface area contributed by atoms with Gasteiger partial charge < -0.3 is 10.4 Å². The number of amides is 1. The lowest BCUT2D eigenvalue weighted by Crippen LogP contribution is -2.14. The molecular formula is C14H14N2O3S. The van der Waals surface area contributed by atoms with Crippen LogP contribution in [0, 0.1) is 6.92 Å². The molecule has 2 aromatic heterocycles. The van der Waals surface area contributed by atoms with Gasteiger partial charge in [0.15, 0.2) is 0 Å². The van der Waals surface area contributed by atoms with E-state index < -0.39 is 5.97 Å². The van der Waals surface area contributed by atoms with Crippen molar-refractivity contribution in [3.8, 4) is 0 Å². The highest BCUT2D eigenvalue weighted by atomic mass is 32.1. The lowest BCUT2D eigenvalue weighted by Gasteiger charge is -2.06. The van der Waals surface area contributed by atoms with E-state index in [4.69, 9.17) is 5.11 Å². The van der Waals surface area contributed by atoms with Gasteiger partial charge in [0, 0.05) is 16.8 Å². The van der Waals surface area contributed by atoms with E-state index in [1.807, 2.05) is 6.92 Å². The number of carboxylic acids is 1. The van der Waals surface area contributed by atoms with Gasteiger partial charge in [-0.3, -0.25) is 9.78 Å². The molecule has 20 heavy (non-hydrogen) atoms. The molecule has 0 aromatic carbocycles. The molecule has 0 aliphatic heterocycles. The van der Waals surface area contributed by atoms with Crippen molar-refractivity contribution in [1.82, 2.24) is 4.98 Å². The zero-order chi connectivity index (χ0) is 14.7. The minimum atomic E-state index is -1.04. The number of pyridine rings is 1. The van der Waals surface area contributed by atoms with E-state index in [2.05, 4.69) is 10.3 Å². The molecule has 0 radical (unpaired) electrons. The summed E-state index contributed by atoms with van der Waals surface area (Å²) < 4.78 is 0. The maximum Gasteiger partial charge on any atom is 0.338 e. The van der Waals surface area contributed by atoms with E-state index in [-0.39, 0.29) is 11.5 Å². The lowest BCUT2D eigenvalue weighted by atomic mass is 10.2. The Morgan fingerprint density at radius 2 is 2.15 bits per heavy atom. The molecule has 1 amide bonds. The summed E-state index contributed by atoms with van der Waals surface area (Å²) in [5, 5.41) is 12.2. The number of carboxylic acid groups (broad SMARTS) is 1. The van der Waals surface area contributed by atoms with Gasteiger partial charge in [0.2, 0.25) is 0 Å². The Hall–Kier alpha value is -2.21. The summed E-state index contributed by atoms with van der Waals surface area (Å²) in [6, 6.07) is 4.93. The number of carbonyl (C=O) groups excluding carboxylic acids is 1. The molecular weight excluding hydrogens is 276 g/mol. The predicted octanol–water partition coefficient (Wildman–Crippen LogP) is 2.96. The first-order valence-electron chi connectivity index (χ1n) is 6.12. The molecule has 0 saturated heterocycles. The fourth-order valence-corrected chi connectivity index (χ4v) is 2.75. The van der Waals surface area contributed by atoms with Crippen LogP contribution in [-0.2, 0) is 6.42 Å². The standard InChI is InChI=1S/C14H14N2O3S/c1-3-9-7-11(14(18)19)13(20-9)16-12(17)10-5-4-6-15-8(10)2/h4-7H,3H2,1-2H3,(H,16,17)(H,18,19). The van der Waals surface area contributed by atoms with Crippen LogP contribution in [0.1, 0.15) is 38.2 Å². The van der Waals surface area contributed by atoms with Gasteiger partial charge in [-0.2, -0.15) is 0 Å². The van der Waals surface area contributed by atoms with E-state index in [0.717, 1.165) is 11.3 Å². The van der Waals surface area contributed by atoms with Gasteiger partial charge in [-0.25, -0.2) is 4.79 Å². The van der Waals surface area contributed by atoms with Crippen LogP contribution in [0.15, 0.2) is 24.4 Å². The van der Waals surface area contributed by atoms with Crippen LogP contribution in [0.2, 0.25) is 0 Å². The lowest BCUT2D eigenvalue weighted by molar-refractivity contribution is 0.0698. The first kappa shape index (κ1) is 14.2. The van der Waals surface area contributed by atoms with E-state index in [9.17, 15) is 9.59 Å². The second-order valence-corrected chi connectivity index (χ2v) is 5.34. The number of anilines is 1. The Bertz CT molecular complexity index is 664. The molecule has 2 aromatic rings. The molecule has 0 unspecified atom stereocenters. The van der Waals surface area contributed by atoms with Crippen molar-refractivity contribution in [2.45, 2.75) is 20.3 Å². The summed E-state index contributed by atoms with van der Waals surface area (Å²) >= 11 is 1.28. The van der Waals surface area contributed by atoms with E-state index in [1.54, 1.807) is 31.3 Å². The van der Waals surface area contributed by atoms with Crippen molar-refractivity contribution >= 4 is 28.2 Å². The van der Waals surface area contributed by atoms with Crippen molar-refractivity contribution < 1.29 is 14.7 Å². The molecule has 0 atom stereocenters. The highest BCUT2D eigenvalue weighted by Crippen LogP contribution is 2.29. The van der Waals surface area contributed by atoms with Crippen LogP contribution in [0.3, 0.4) is 0 Å². The van der Waals surface area contributed by atoms with E-state index in [0.29, 0.717) is 16.3 Å². The van der Waals surface area contributed by atoms with Crippen LogP contribution < -0.4 is 5.32 Å². The van der Waals surface area contributed by atoms with Crippen LogP contribution in [0.25, 0.3) is 0 Å². The quantitative estimate of drug-likeness (QED) is 0.907. The molecule has 2 heterocycles. The van der Waals surface area contributed by atoms with Crippen LogP contribution in [-0.4, -0.2) is 22.0 Å². The number of hydrogen-bond donors (Lipinski definition) is 2. The Balaban J connectivity index is 2.30. The van der Waals surface area contributed by atoms with E-state index in [1.165, 1.54) is 11.3 Å². The smallest absolute Gasteiger partial charge is 0.338 e. The second kappa shape index (κ2) is 5.83. The summed E-state index contributed by atoms with van der Waals surface area (Å²) in [6.07, 6.45) is 2.34. The third-order valence-electron chi connectivity index (χ3n) is 2.84. The number of aromatic nitrogens is 1. The minimum absolute atomic E-state index is 0.127. The molecule has 104 valence electrons. The number of rotatable bonds is 4. The summed E-state index contributed by atoms with van der Waals surface area (Å²) in [5.41, 5.74) is 1.17. The topological polar surface area (TPSA) is 79.3 Å².